The Morgan fingerprint density at radius 3 is 2.48 bits per heavy atom. The van der Waals surface area contributed by atoms with Gasteiger partial charge in [-0.05, 0) is 36.6 Å². The molecule has 158 valence electrons. The molecule has 0 atom stereocenters. The van der Waals surface area contributed by atoms with Gasteiger partial charge in [0.1, 0.15) is 0 Å². The first-order chi connectivity index (χ1) is 14.0. The summed E-state index contributed by atoms with van der Waals surface area (Å²) >= 11 is 0. The topological polar surface area (TPSA) is 91.8 Å². The van der Waals surface area contributed by atoms with E-state index < -0.39 is 10.0 Å². The standard InChI is InChI=1S/C21H30N4O3S/c1-3-22-21(23-13-12-18-8-5-4-6-9-18)24-17-19-10-7-11-20(16-19)29(26,27)25-14-15-28-2/h4-11,16,25H,3,12-15,17H2,1-2H3,(H2,22,23,24). The molecule has 0 spiro atoms. The first kappa shape index (κ1) is 22.9. The Balaban J connectivity index is 1.97. The second kappa shape index (κ2) is 12.2. The van der Waals surface area contributed by atoms with Crippen LogP contribution in [0.4, 0.5) is 0 Å². The lowest BCUT2D eigenvalue weighted by Gasteiger charge is -2.12. The summed E-state index contributed by atoms with van der Waals surface area (Å²) in [5, 5.41) is 6.53. The van der Waals surface area contributed by atoms with Crippen LogP contribution in [0.15, 0.2) is 64.5 Å². The highest BCUT2D eigenvalue weighted by Crippen LogP contribution is 2.12. The average molecular weight is 419 g/mol. The molecule has 3 N–H and O–H groups in total. The first-order valence-electron chi connectivity index (χ1n) is 9.69. The SMILES string of the molecule is CCNC(=NCc1cccc(S(=O)(=O)NCCOC)c1)NCCc1ccccc1. The summed E-state index contributed by atoms with van der Waals surface area (Å²) in [6, 6.07) is 17.1. The monoisotopic (exact) mass is 418 g/mol. The number of hydrogen-bond donors (Lipinski definition) is 3. The van der Waals surface area contributed by atoms with Crippen molar-refractivity contribution < 1.29 is 13.2 Å². The van der Waals surface area contributed by atoms with Crippen molar-refractivity contribution in [1.29, 1.82) is 0 Å². The fourth-order valence-corrected chi connectivity index (χ4v) is 3.74. The summed E-state index contributed by atoms with van der Waals surface area (Å²) in [4.78, 5) is 4.80. The number of benzene rings is 2. The molecule has 2 aromatic carbocycles. The van der Waals surface area contributed by atoms with E-state index >= 15 is 0 Å². The summed E-state index contributed by atoms with van der Waals surface area (Å²) in [6.45, 7) is 4.44. The minimum atomic E-state index is -3.56. The van der Waals surface area contributed by atoms with Crippen molar-refractivity contribution in [3.63, 3.8) is 0 Å². The predicted octanol–water partition coefficient (Wildman–Crippen LogP) is 1.91. The smallest absolute Gasteiger partial charge is 0.240 e. The van der Waals surface area contributed by atoms with Gasteiger partial charge in [0.25, 0.3) is 0 Å². The van der Waals surface area contributed by atoms with Crippen LogP contribution < -0.4 is 15.4 Å². The van der Waals surface area contributed by atoms with Crippen LogP contribution in [0.2, 0.25) is 0 Å². The highest BCUT2D eigenvalue weighted by molar-refractivity contribution is 7.89. The van der Waals surface area contributed by atoms with E-state index in [1.165, 1.54) is 12.7 Å². The molecule has 0 saturated carbocycles. The summed E-state index contributed by atoms with van der Waals surface area (Å²) < 4.78 is 32.1. The van der Waals surface area contributed by atoms with Crippen LogP contribution in [0.3, 0.4) is 0 Å². The summed E-state index contributed by atoms with van der Waals surface area (Å²) in [5.74, 6) is 0.704. The van der Waals surface area contributed by atoms with Crippen molar-refractivity contribution in [1.82, 2.24) is 15.4 Å². The van der Waals surface area contributed by atoms with E-state index in [1.807, 2.05) is 31.2 Å². The molecule has 0 aliphatic carbocycles. The number of nitrogens with one attached hydrogen (secondary N) is 3. The maximum atomic E-state index is 12.3. The number of methoxy groups -OCH3 is 1. The van der Waals surface area contributed by atoms with Gasteiger partial charge in [0.15, 0.2) is 5.96 Å². The van der Waals surface area contributed by atoms with Crippen LogP contribution in [0, 0.1) is 0 Å². The van der Waals surface area contributed by atoms with Crippen molar-refractivity contribution in [2.75, 3.05) is 33.4 Å². The molecule has 0 aromatic heterocycles. The zero-order valence-electron chi connectivity index (χ0n) is 17.0. The third-order valence-corrected chi connectivity index (χ3v) is 5.58. The third-order valence-electron chi connectivity index (χ3n) is 4.12. The Bertz CT molecular complexity index is 871. The molecular weight excluding hydrogens is 388 g/mol. The quantitative estimate of drug-likeness (QED) is 0.295. The van der Waals surface area contributed by atoms with Crippen LogP contribution in [-0.2, 0) is 27.7 Å². The molecule has 0 radical (unpaired) electrons. The van der Waals surface area contributed by atoms with Crippen molar-refractivity contribution in [3.8, 4) is 0 Å². The number of nitrogens with zero attached hydrogens (tertiary/aromatic N) is 1. The minimum Gasteiger partial charge on any atom is -0.383 e. The van der Waals surface area contributed by atoms with Gasteiger partial charge in [-0.25, -0.2) is 18.1 Å². The van der Waals surface area contributed by atoms with Gasteiger partial charge < -0.3 is 15.4 Å². The maximum Gasteiger partial charge on any atom is 0.240 e. The molecule has 2 rings (SSSR count). The van der Waals surface area contributed by atoms with Crippen molar-refractivity contribution in [2.24, 2.45) is 4.99 Å². The average Bonchev–Trinajstić information content (AvgIpc) is 2.73. The van der Waals surface area contributed by atoms with E-state index in [4.69, 9.17) is 4.74 Å². The van der Waals surface area contributed by atoms with Gasteiger partial charge >= 0.3 is 0 Å². The number of rotatable bonds is 11. The van der Waals surface area contributed by atoms with Crippen LogP contribution in [-0.4, -0.2) is 47.7 Å². The summed E-state index contributed by atoms with van der Waals surface area (Å²) in [6.07, 6.45) is 0.895. The molecule has 0 bridgehead atoms. The molecule has 0 fully saturated rings. The lowest BCUT2D eigenvalue weighted by molar-refractivity contribution is 0.204. The molecule has 0 heterocycles. The minimum absolute atomic E-state index is 0.225. The van der Waals surface area contributed by atoms with E-state index in [2.05, 4.69) is 32.5 Å². The van der Waals surface area contributed by atoms with Gasteiger partial charge in [0.2, 0.25) is 10.0 Å². The summed E-state index contributed by atoms with van der Waals surface area (Å²) in [7, 11) is -2.03. The van der Waals surface area contributed by atoms with Gasteiger partial charge in [-0.2, -0.15) is 0 Å². The lowest BCUT2D eigenvalue weighted by atomic mass is 10.1. The van der Waals surface area contributed by atoms with E-state index in [0.29, 0.717) is 19.1 Å². The molecular formula is C21H30N4O3S. The lowest BCUT2D eigenvalue weighted by Crippen LogP contribution is -2.38. The fraction of sp³-hybridized carbons (Fsp3) is 0.381. The Hall–Kier alpha value is -2.42. The van der Waals surface area contributed by atoms with Crippen LogP contribution in [0.5, 0.6) is 0 Å². The fourth-order valence-electron chi connectivity index (χ4n) is 2.65. The van der Waals surface area contributed by atoms with E-state index in [1.54, 1.807) is 18.2 Å². The number of aliphatic imine (C=N–C) groups is 1. The number of sulfonamides is 1. The summed E-state index contributed by atoms with van der Waals surface area (Å²) in [5.41, 5.74) is 2.08. The zero-order valence-corrected chi connectivity index (χ0v) is 17.8. The number of guanidine groups is 1. The molecule has 0 unspecified atom stereocenters. The number of hydrogen-bond acceptors (Lipinski definition) is 4. The van der Waals surface area contributed by atoms with Gasteiger partial charge in [-0.3, -0.25) is 0 Å². The van der Waals surface area contributed by atoms with E-state index in [9.17, 15) is 8.42 Å². The normalized spacial score (nSPS) is 12.0. The van der Waals surface area contributed by atoms with E-state index in [-0.39, 0.29) is 11.4 Å². The highest BCUT2D eigenvalue weighted by Gasteiger charge is 2.13. The number of ether oxygens (including phenoxy) is 1. The Kier molecular flexibility index (Phi) is 9.63. The first-order valence-corrected chi connectivity index (χ1v) is 11.2. The maximum absolute atomic E-state index is 12.3. The van der Waals surface area contributed by atoms with Gasteiger partial charge in [-0.1, -0.05) is 42.5 Å². The van der Waals surface area contributed by atoms with Crippen LogP contribution >= 0.6 is 0 Å². The molecule has 2 aromatic rings. The predicted molar refractivity (Wildman–Crippen MR) is 116 cm³/mol. The molecule has 7 nitrogen and oxygen atoms in total. The third kappa shape index (κ3) is 8.23. The second-order valence-corrected chi connectivity index (χ2v) is 8.16. The van der Waals surface area contributed by atoms with Gasteiger partial charge in [0.05, 0.1) is 18.0 Å². The Labute approximate surface area is 173 Å². The van der Waals surface area contributed by atoms with Crippen molar-refractivity contribution in [3.05, 3.63) is 65.7 Å². The van der Waals surface area contributed by atoms with Crippen molar-refractivity contribution in [2.45, 2.75) is 24.8 Å². The van der Waals surface area contributed by atoms with Crippen LogP contribution in [0.25, 0.3) is 0 Å². The molecule has 0 aliphatic rings. The zero-order chi connectivity index (χ0) is 21.0. The van der Waals surface area contributed by atoms with Gasteiger partial charge in [-0.15, -0.1) is 0 Å². The Morgan fingerprint density at radius 2 is 1.76 bits per heavy atom. The molecule has 0 amide bonds. The largest absolute Gasteiger partial charge is 0.383 e. The highest BCUT2D eigenvalue weighted by atomic mass is 32.2. The van der Waals surface area contributed by atoms with Crippen molar-refractivity contribution >= 4 is 16.0 Å². The Morgan fingerprint density at radius 1 is 1.00 bits per heavy atom. The molecule has 8 heteroatoms. The molecule has 0 aliphatic heterocycles. The molecule has 29 heavy (non-hydrogen) atoms. The van der Waals surface area contributed by atoms with Gasteiger partial charge in [0, 0.05) is 26.7 Å². The van der Waals surface area contributed by atoms with Crippen LogP contribution in [0.1, 0.15) is 18.1 Å². The van der Waals surface area contributed by atoms with E-state index in [0.717, 1.165) is 25.1 Å². The molecule has 0 saturated heterocycles. The second-order valence-electron chi connectivity index (χ2n) is 6.40.